The molecule has 0 radical (unpaired) electrons. The Balaban J connectivity index is -0.000000000375. The molecule has 0 atom stereocenters. The van der Waals surface area contributed by atoms with Gasteiger partial charge < -0.3 is 16.5 Å². The van der Waals surface area contributed by atoms with E-state index < -0.39 is 5.97 Å². The summed E-state index contributed by atoms with van der Waals surface area (Å²) in [6.45, 7) is 1.08. The van der Waals surface area contributed by atoms with Crippen molar-refractivity contribution in [3.05, 3.63) is 0 Å². The van der Waals surface area contributed by atoms with Crippen molar-refractivity contribution in [1.29, 1.82) is 0 Å². The first-order chi connectivity index (χ1) is 1.73. The van der Waals surface area contributed by atoms with E-state index >= 15 is 0 Å². The van der Waals surface area contributed by atoms with E-state index in [1.807, 2.05) is 0 Å². The van der Waals surface area contributed by atoms with Gasteiger partial charge in [0.1, 0.15) is 0 Å². The Hall–Kier alpha value is 7.47. The summed E-state index contributed by atoms with van der Waals surface area (Å²) in [5, 5.41) is 7.42. The first-order valence-corrected chi connectivity index (χ1v) is 0.928. The second-order valence-corrected chi connectivity index (χ2v) is 0.519. The molecule has 0 saturated carbocycles. The quantitative estimate of drug-likeness (QED) is 0.435. The molecule has 12 heavy (non-hydrogen) atoms. The molecule has 2 nitrogen and oxygen atoms in total. The van der Waals surface area contributed by atoms with Crippen LogP contribution in [0.5, 0.6) is 0 Å². The van der Waals surface area contributed by atoms with Gasteiger partial charge in [-0.2, -0.15) is 0 Å². The van der Waals surface area contributed by atoms with Gasteiger partial charge in [-0.3, -0.25) is 4.79 Å². The Morgan fingerprint density at radius 2 is 0.833 bits per heavy atom. The molecule has 0 fully saturated rings. The average Bonchev–Trinajstić information content (AvgIpc) is 0.811. The van der Waals surface area contributed by atoms with Crippen LogP contribution in [0.25, 0.3) is 0 Å². The number of rotatable bonds is 0. The summed E-state index contributed by atoms with van der Waals surface area (Å²) in [7, 11) is 0. The Morgan fingerprint density at radius 1 is 0.833 bits per heavy atom. The van der Waals surface area contributed by atoms with Gasteiger partial charge in [-0.25, -0.2) is 0 Å². The van der Waals surface area contributed by atoms with Gasteiger partial charge in [-0.15, -0.1) is 0 Å². The van der Waals surface area contributed by atoms with Crippen molar-refractivity contribution in [2.24, 2.45) is 0 Å². The zero-order valence-electron chi connectivity index (χ0n) is 18.4. The van der Waals surface area contributed by atoms with Crippen molar-refractivity contribution in [3.63, 3.8) is 0 Å². The molecule has 0 rings (SSSR count). The molecule has 0 aliphatic rings. The van der Waals surface area contributed by atoms with Crippen molar-refractivity contribution in [2.45, 2.75) is 6.92 Å². The molecule has 0 aliphatic heterocycles. The van der Waals surface area contributed by atoms with Crippen molar-refractivity contribution < 1.29 is 258 Å². The molecule has 0 heterocycles. The van der Waals surface area contributed by atoms with Crippen LogP contribution < -0.4 is 236 Å². The van der Waals surface area contributed by atoms with Crippen LogP contribution in [0.3, 0.4) is 0 Å². The standard InChI is InChI=1S/C2H4O2.8Na.8H/c1-2(3)4;;;;;;;;;;;;;;;;/h1H3,(H,3,4);;;;;;;;;;;;;;;;/q;8*+1;8*-1. The minimum atomic E-state index is -0.833. The van der Waals surface area contributed by atoms with Crippen LogP contribution in [0.1, 0.15) is 18.3 Å². The molecule has 0 spiro atoms. The van der Waals surface area contributed by atoms with E-state index in [4.69, 9.17) is 9.90 Å². The second kappa shape index (κ2) is 51.4. The van der Waals surface area contributed by atoms with Gasteiger partial charge in [0.15, 0.2) is 0 Å². The zero-order valence-corrected chi connectivity index (χ0v) is 26.4. The molecule has 0 aromatic heterocycles. The first kappa shape index (κ1) is 60.6. The number of carboxylic acid groups (broad SMARTS) is 1. The molecule has 0 amide bonds. The van der Waals surface area contributed by atoms with Gasteiger partial charge in [0.2, 0.25) is 0 Å². The molecule has 0 aromatic rings. The van der Waals surface area contributed by atoms with E-state index in [9.17, 15) is 0 Å². The summed E-state index contributed by atoms with van der Waals surface area (Å²) < 4.78 is 0. The van der Waals surface area contributed by atoms with Crippen molar-refractivity contribution in [2.75, 3.05) is 0 Å². The summed E-state index contributed by atoms with van der Waals surface area (Å²) in [6.07, 6.45) is 0. The van der Waals surface area contributed by atoms with Crippen molar-refractivity contribution >= 4 is 5.97 Å². The Labute approximate surface area is 263 Å². The molecule has 0 unspecified atom stereocenters. The molecule has 40 valence electrons. The Morgan fingerprint density at radius 3 is 0.833 bits per heavy atom. The summed E-state index contributed by atoms with van der Waals surface area (Å²) >= 11 is 0. The molecule has 10 heteroatoms. The van der Waals surface area contributed by atoms with Gasteiger partial charge in [-0.05, 0) is 0 Å². The van der Waals surface area contributed by atoms with Gasteiger partial charge in [-0.1, -0.05) is 0 Å². The molecule has 0 bridgehead atoms. The van der Waals surface area contributed by atoms with Gasteiger partial charge >= 0.3 is 236 Å². The molecule has 0 aliphatic carbocycles. The van der Waals surface area contributed by atoms with E-state index in [-0.39, 0.29) is 248 Å². The zero-order chi connectivity index (χ0) is 3.58. The van der Waals surface area contributed by atoms with Gasteiger partial charge in [0, 0.05) is 6.92 Å². The minimum absolute atomic E-state index is 0. The fraction of sp³-hybridized carbons (Fsp3) is 0.500. The number of hydrogen-bond donors (Lipinski definition) is 1. The maximum Gasteiger partial charge on any atom is 1.00 e. The topological polar surface area (TPSA) is 37.3 Å². The third-order valence-corrected chi connectivity index (χ3v) is 0. The maximum atomic E-state index is 9.00. The third-order valence-electron chi connectivity index (χ3n) is 0. The van der Waals surface area contributed by atoms with Crippen LogP contribution in [-0.4, -0.2) is 11.1 Å². The molecule has 0 saturated heterocycles. The van der Waals surface area contributed by atoms with Crippen LogP contribution >= 0.6 is 0 Å². The number of carbonyl (C=O) groups is 1. The van der Waals surface area contributed by atoms with Crippen LogP contribution in [0, 0.1) is 0 Å². The second-order valence-electron chi connectivity index (χ2n) is 0.519. The predicted octanol–water partition coefficient (Wildman–Crippen LogP) is -23.0. The van der Waals surface area contributed by atoms with Gasteiger partial charge in [0.05, 0.1) is 0 Å². The normalized spacial score (nSPS) is 2.08. The predicted molar refractivity (Wildman–Crippen MR) is 22.2 cm³/mol. The number of aliphatic carboxylic acids is 1. The van der Waals surface area contributed by atoms with E-state index in [1.54, 1.807) is 0 Å². The monoisotopic (exact) mass is 252 g/mol. The van der Waals surface area contributed by atoms with Crippen LogP contribution in [0.15, 0.2) is 0 Å². The fourth-order valence-corrected chi connectivity index (χ4v) is 0. The van der Waals surface area contributed by atoms with E-state index in [0.29, 0.717) is 0 Å². The van der Waals surface area contributed by atoms with Crippen molar-refractivity contribution in [3.8, 4) is 0 Å². The Kier molecular flexibility index (Phi) is 260. The third kappa shape index (κ3) is 84.9. The first-order valence-electron chi connectivity index (χ1n) is 0.928. The summed E-state index contributed by atoms with van der Waals surface area (Å²) in [4.78, 5) is 9.00. The Bertz CT molecular complexity index is 57.5. The average molecular weight is 252 g/mol. The van der Waals surface area contributed by atoms with Crippen LogP contribution in [-0.2, 0) is 4.79 Å². The molecule has 0 aromatic carbocycles. The molecular formula is C2H12Na8O2. The van der Waals surface area contributed by atoms with E-state index in [0.717, 1.165) is 6.92 Å². The largest absolute Gasteiger partial charge is 1.00 e. The van der Waals surface area contributed by atoms with E-state index in [1.165, 1.54) is 0 Å². The number of hydrogen-bond acceptors (Lipinski definition) is 1. The van der Waals surface area contributed by atoms with Crippen molar-refractivity contribution in [1.82, 2.24) is 0 Å². The fourth-order valence-electron chi connectivity index (χ4n) is 0. The summed E-state index contributed by atoms with van der Waals surface area (Å²) in [5.41, 5.74) is 0. The summed E-state index contributed by atoms with van der Waals surface area (Å²) in [5.74, 6) is -0.833. The molecule has 1 N–H and O–H groups in total. The smallest absolute Gasteiger partial charge is 1.00 e. The van der Waals surface area contributed by atoms with Gasteiger partial charge in [0.25, 0.3) is 5.97 Å². The maximum absolute atomic E-state index is 9.00. The minimum Gasteiger partial charge on any atom is -1.00 e. The van der Waals surface area contributed by atoms with E-state index in [2.05, 4.69) is 0 Å². The number of carboxylic acids is 1. The molecular weight excluding hydrogens is 240 g/mol. The SMILES string of the molecule is CC(=O)O.[H-].[H-].[H-].[H-].[H-].[H-].[H-].[H-].[Na+].[Na+].[Na+].[Na+].[Na+].[Na+].[Na+].[Na+]. The van der Waals surface area contributed by atoms with Crippen LogP contribution in [0.4, 0.5) is 0 Å². The van der Waals surface area contributed by atoms with Crippen LogP contribution in [0.2, 0.25) is 0 Å². The summed E-state index contributed by atoms with van der Waals surface area (Å²) in [6, 6.07) is 0.